The van der Waals surface area contributed by atoms with Crippen molar-refractivity contribution in [1.29, 1.82) is 0 Å². The fraction of sp³-hybridized carbons (Fsp3) is 1.00. The summed E-state index contributed by atoms with van der Waals surface area (Å²) < 4.78 is 0. The summed E-state index contributed by atoms with van der Waals surface area (Å²) in [6.45, 7) is 12.8. The van der Waals surface area contributed by atoms with Gasteiger partial charge in [0.1, 0.15) is 11.2 Å². The van der Waals surface area contributed by atoms with Crippen LogP contribution in [0.15, 0.2) is 0 Å². The zero-order valence-electron chi connectivity index (χ0n) is 13.0. The maximum atomic E-state index is 10.8. The summed E-state index contributed by atoms with van der Waals surface area (Å²) in [6, 6.07) is 0. The summed E-state index contributed by atoms with van der Waals surface area (Å²) in [7, 11) is 0. The first kappa shape index (κ1) is 17.8. The van der Waals surface area contributed by atoms with Crippen LogP contribution in [0.2, 0.25) is 0 Å². The van der Waals surface area contributed by atoms with Gasteiger partial charge < -0.3 is 20.4 Å². The molecular weight excluding hydrogens is 232 g/mol. The maximum Gasteiger partial charge on any atom is 0.120 e. The minimum atomic E-state index is -1.79. The molecule has 3 atom stereocenters. The van der Waals surface area contributed by atoms with E-state index >= 15 is 0 Å². The Morgan fingerprint density at radius 3 is 1.17 bits per heavy atom. The fourth-order valence-corrected chi connectivity index (χ4v) is 2.02. The van der Waals surface area contributed by atoms with Gasteiger partial charge in [0, 0.05) is 5.41 Å². The molecule has 0 saturated carbocycles. The highest BCUT2D eigenvalue weighted by Crippen LogP contribution is 2.49. The molecule has 0 spiro atoms. The average Bonchev–Trinajstić information content (AvgIpc) is 2.15. The largest absolute Gasteiger partial charge is 0.396 e. The van der Waals surface area contributed by atoms with Crippen molar-refractivity contribution in [2.24, 2.45) is 10.8 Å². The first-order chi connectivity index (χ1) is 7.56. The topological polar surface area (TPSA) is 80.9 Å². The zero-order valence-corrected chi connectivity index (χ0v) is 13.0. The molecule has 0 amide bonds. The first-order valence-electron chi connectivity index (χ1n) is 6.34. The molecule has 0 aromatic rings. The van der Waals surface area contributed by atoms with Crippen molar-refractivity contribution in [1.82, 2.24) is 0 Å². The lowest BCUT2D eigenvalue weighted by atomic mass is 9.56. The van der Waals surface area contributed by atoms with E-state index in [1.165, 1.54) is 20.8 Å². The van der Waals surface area contributed by atoms with Gasteiger partial charge >= 0.3 is 0 Å². The van der Waals surface area contributed by atoms with Gasteiger partial charge in [0.15, 0.2) is 0 Å². The average molecular weight is 262 g/mol. The Kier molecular flexibility index (Phi) is 4.40. The Morgan fingerprint density at radius 1 is 0.611 bits per heavy atom. The van der Waals surface area contributed by atoms with E-state index in [0.717, 1.165) is 0 Å². The molecule has 0 fully saturated rings. The lowest BCUT2D eigenvalue weighted by Gasteiger charge is -2.57. The van der Waals surface area contributed by atoms with E-state index < -0.39 is 27.6 Å². The van der Waals surface area contributed by atoms with Gasteiger partial charge in [-0.25, -0.2) is 0 Å². The van der Waals surface area contributed by atoms with Crippen LogP contribution >= 0.6 is 0 Å². The lowest BCUT2D eigenvalue weighted by molar-refractivity contribution is -0.288. The Labute approximate surface area is 111 Å². The summed E-state index contributed by atoms with van der Waals surface area (Å²) >= 11 is 0. The van der Waals surface area contributed by atoms with E-state index in [2.05, 4.69) is 0 Å². The Balaban J connectivity index is 5.80. The van der Waals surface area contributed by atoms with Crippen LogP contribution in [0.4, 0.5) is 0 Å². The smallest absolute Gasteiger partial charge is 0.120 e. The van der Waals surface area contributed by atoms with Gasteiger partial charge in [-0.3, -0.25) is 0 Å². The molecule has 4 N–H and O–H groups in total. The molecule has 4 nitrogen and oxygen atoms in total. The van der Waals surface area contributed by atoms with Crippen LogP contribution in [0.5, 0.6) is 0 Å². The van der Waals surface area contributed by atoms with Crippen LogP contribution < -0.4 is 0 Å². The maximum absolute atomic E-state index is 10.8. The molecule has 0 radical (unpaired) electrons. The van der Waals surface area contributed by atoms with E-state index in [1.807, 2.05) is 0 Å². The quantitative estimate of drug-likeness (QED) is 0.616. The molecule has 4 heteroatoms. The second-order valence-corrected chi connectivity index (χ2v) is 7.51. The third-order valence-corrected chi connectivity index (χ3v) is 5.07. The Morgan fingerprint density at radius 2 is 0.944 bits per heavy atom. The van der Waals surface area contributed by atoms with Gasteiger partial charge in [0.2, 0.25) is 0 Å². The number of hydrogen-bond donors (Lipinski definition) is 4. The van der Waals surface area contributed by atoms with Crippen molar-refractivity contribution < 1.29 is 20.4 Å². The van der Waals surface area contributed by atoms with Gasteiger partial charge in [-0.2, -0.15) is 0 Å². The van der Waals surface area contributed by atoms with Crippen molar-refractivity contribution in [3.8, 4) is 0 Å². The fourth-order valence-electron chi connectivity index (χ4n) is 2.02. The predicted molar refractivity (Wildman–Crippen MR) is 72.2 cm³/mol. The third kappa shape index (κ3) is 2.31. The van der Waals surface area contributed by atoms with Crippen molar-refractivity contribution in [2.75, 3.05) is 6.61 Å². The normalized spacial score (nSPS) is 24.0. The second kappa shape index (κ2) is 4.44. The van der Waals surface area contributed by atoms with Crippen LogP contribution in [0.1, 0.15) is 55.4 Å². The van der Waals surface area contributed by atoms with E-state index in [1.54, 1.807) is 34.6 Å². The molecule has 110 valence electrons. The zero-order chi connectivity index (χ0) is 15.2. The summed E-state index contributed by atoms with van der Waals surface area (Å²) in [4.78, 5) is 0. The SMILES string of the molecule is CC(C)(C)C(C)(O)C(C)(O)C(C)(O)C(C)(C)CO. The van der Waals surface area contributed by atoms with Crippen LogP contribution in [0, 0.1) is 10.8 Å². The molecule has 0 rings (SSSR count). The molecule has 0 saturated heterocycles. The highest BCUT2D eigenvalue weighted by atomic mass is 16.4. The molecule has 0 aliphatic heterocycles. The van der Waals surface area contributed by atoms with Gasteiger partial charge in [-0.15, -0.1) is 0 Å². The predicted octanol–water partition coefficient (Wildman–Crippen LogP) is 1.30. The van der Waals surface area contributed by atoms with E-state index in [-0.39, 0.29) is 6.61 Å². The molecule has 0 heterocycles. The van der Waals surface area contributed by atoms with E-state index in [4.69, 9.17) is 0 Å². The van der Waals surface area contributed by atoms with E-state index in [9.17, 15) is 20.4 Å². The summed E-state index contributed by atoms with van der Waals surface area (Å²) in [5.74, 6) is 0. The molecule has 3 unspecified atom stereocenters. The van der Waals surface area contributed by atoms with Crippen LogP contribution in [0.25, 0.3) is 0 Å². The molecule has 0 aromatic carbocycles. The van der Waals surface area contributed by atoms with E-state index in [0.29, 0.717) is 0 Å². The Bertz CT molecular complexity index is 295. The number of rotatable bonds is 4. The number of aliphatic hydroxyl groups excluding tert-OH is 1. The summed E-state index contributed by atoms with van der Waals surface area (Å²) in [5, 5.41) is 41.6. The van der Waals surface area contributed by atoms with Crippen LogP contribution in [-0.4, -0.2) is 43.8 Å². The summed E-state index contributed by atoms with van der Waals surface area (Å²) in [5.41, 5.74) is -6.57. The molecule has 0 aromatic heterocycles. The number of hydrogen-bond acceptors (Lipinski definition) is 4. The molecule has 18 heavy (non-hydrogen) atoms. The van der Waals surface area contributed by atoms with Gasteiger partial charge in [-0.1, -0.05) is 34.6 Å². The molecule has 0 aliphatic carbocycles. The highest BCUT2D eigenvalue weighted by Gasteiger charge is 2.63. The van der Waals surface area contributed by atoms with Crippen LogP contribution in [-0.2, 0) is 0 Å². The van der Waals surface area contributed by atoms with Crippen molar-refractivity contribution >= 4 is 0 Å². The molecular formula is C14H30O4. The minimum absolute atomic E-state index is 0.295. The van der Waals surface area contributed by atoms with Crippen molar-refractivity contribution in [3.05, 3.63) is 0 Å². The van der Waals surface area contributed by atoms with Crippen molar-refractivity contribution in [3.63, 3.8) is 0 Å². The second-order valence-electron chi connectivity index (χ2n) is 7.51. The number of aliphatic hydroxyl groups is 4. The third-order valence-electron chi connectivity index (χ3n) is 5.07. The van der Waals surface area contributed by atoms with Crippen molar-refractivity contribution in [2.45, 2.75) is 72.2 Å². The van der Waals surface area contributed by atoms with Gasteiger partial charge in [0.05, 0.1) is 12.2 Å². The first-order valence-corrected chi connectivity index (χ1v) is 6.34. The lowest BCUT2D eigenvalue weighted by Crippen LogP contribution is -2.72. The Hall–Kier alpha value is -0.160. The van der Waals surface area contributed by atoms with Gasteiger partial charge in [0.25, 0.3) is 0 Å². The minimum Gasteiger partial charge on any atom is -0.396 e. The van der Waals surface area contributed by atoms with Gasteiger partial charge in [-0.05, 0) is 26.2 Å². The standard InChI is InChI=1S/C14H30O4/c1-10(2,3)12(6,16)14(8,18)13(7,17)11(4,5)9-15/h15-18H,9H2,1-8H3. The molecule has 0 bridgehead atoms. The monoisotopic (exact) mass is 262 g/mol. The summed E-state index contributed by atoms with van der Waals surface area (Å²) in [6.07, 6.45) is 0. The highest BCUT2D eigenvalue weighted by molar-refractivity contribution is 5.14. The van der Waals surface area contributed by atoms with Crippen LogP contribution in [0.3, 0.4) is 0 Å². The molecule has 0 aliphatic rings.